The molecule has 2 aromatic rings. The number of aryl methyl sites for hydroxylation is 2. The molecular formula is C20H29IN4O2S. The first kappa shape index (κ1) is 24.4. The highest BCUT2D eigenvalue weighted by atomic mass is 127. The molecule has 1 aromatic carbocycles. The number of thiazole rings is 1. The summed E-state index contributed by atoms with van der Waals surface area (Å²) < 4.78 is 5.00. The number of nitrogens with one attached hydrogen (secondary N) is 2. The summed E-state index contributed by atoms with van der Waals surface area (Å²) in [5.41, 5.74) is 2.71. The lowest BCUT2D eigenvalue weighted by atomic mass is 10.1. The van der Waals surface area contributed by atoms with Crippen molar-refractivity contribution in [2.75, 3.05) is 19.7 Å². The van der Waals surface area contributed by atoms with Gasteiger partial charge in [-0.05, 0) is 45.4 Å². The molecule has 0 bridgehead atoms. The fourth-order valence-electron chi connectivity index (χ4n) is 2.41. The Hall–Kier alpha value is -1.68. The van der Waals surface area contributed by atoms with Crippen molar-refractivity contribution in [3.63, 3.8) is 0 Å². The van der Waals surface area contributed by atoms with Crippen LogP contribution in [-0.4, -0.2) is 36.6 Å². The van der Waals surface area contributed by atoms with Gasteiger partial charge < -0.3 is 15.4 Å². The average Bonchev–Trinajstić information content (AvgIpc) is 2.98. The lowest BCUT2D eigenvalue weighted by Gasteiger charge is -2.10. The van der Waals surface area contributed by atoms with E-state index in [1.54, 1.807) is 30.4 Å². The van der Waals surface area contributed by atoms with Crippen molar-refractivity contribution >= 4 is 47.2 Å². The summed E-state index contributed by atoms with van der Waals surface area (Å²) in [6.45, 7) is 10.5. The third kappa shape index (κ3) is 7.75. The van der Waals surface area contributed by atoms with Gasteiger partial charge in [0.1, 0.15) is 0 Å². The minimum Gasteiger partial charge on any atom is -0.462 e. The number of nitrogens with zero attached hydrogens (tertiary/aromatic N) is 2. The van der Waals surface area contributed by atoms with Gasteiger partial charge in [-0.15, -0.1) is 35.3 Å². The number of aromatic nitrogens is 1. The Morgan fingerprint density at radius 2 is 1.89 bits per heavy atom. The van der Waals surface area contributed by atoms with E-state index in [1.807, 2.05) is 26.0 Å². The zero-order valence-electron chi connectivity index (χ0n) is 16.9. The summed E-state index contributed by atoms with van der Waals surface area (Å²) in [6.07, 6.45) is 0.873. The van der Waals surface area contributed by atoms with Gasteiger partial charge in [0, 0.05) is 24.4 Å². The zero-order chi connectivity index (χ0) is 19.6. The fourth-order valence-corrected chi connectivity index (χ4v) is 3.34. The second-order valence-corrected chi connectivity index (χ2v) is 7.33. The van der Waals surface area contributed by atoms with Crippen LogP contribution in [0.25, 0.3) is 0 Å². The van der Waals surface area contributed by atoms with Gasteiger partial charge in [-0.3, -0.25) is 0 Å². The number of rotatable bonds is 8. The number of guanidine groups is 1. The van der Waals surface area contributed by atoms with Crippen molar-refractivity contribution in [1.29, 1.82) is 0 Å². The van der Waals surface area contributed by atoms with Crippen LogP contribution in [0.1, 0.15) is 45.3 Å². The van der Waals surface area contributed by atoms with Crippen molar-refractivity contribution in [3.8, 4) is 0 Å². The smallest absolute Gasteiger partial charge is 0.338 e. The van der Waals surface area contributed by atoms with Crippen LogP contribution in [0.2, 0.25) is 0 Å². The van der Waals surface area contributed by atoms with Gasteiger partial charge in [-0.2, -0.15) is 0 Å². The third-order valence-electron chi connectivity index (χ3n) is 3.93. The molecule has 0 saturated heterocycles. The quantitative estimate of drug-likeness (QED) is 0.241. The van der Waals surface area contributed by atoms with E-state index in [9.17, 15) is 4.79 Å². The van der Waals surface area contributed by atoms with Crippen molar-refractivity contribution in [2.45, 2.75) is 40.7 Å². The fraction of sp³-hybridized carbons (Fsp3) is 0.450. The Kier molecular flexibility index (Phi) is 11.1. The summed E-state index contributed by atoms with van der Waals surface area (Å²) in [7, 11) is 0. The summed E-state index contributed by atoms with van der Waals surface area (Å²) in [6, 6.07) is 7.35. The predicted octanol–water partition coefficient (Wildman–Crippen LogP) is 3.85. The molecule has 2 rings (SSSR count). The van der Waals surface area contributed by atoms with Crippen LogP contribution in [0.15, 0.2) is 29.3 Å². The van der Waals surface area contributed by atoms with E-state index in [4.69, 9.17) is 4.74 Å². The Morgan fingerprint density at radius 3 is 2.46 bits per heavy atom. The lowest BCUT2D eigenvalue weighted by molar-refractivity contribution is 0.0526. The molecule has 0 spiro atoms. The maximum absolute atomic E-state index is 11.7. The summed E-state index contributed by atoms with van der Waals surface area (Å²) in [4.78, 5) is 22.1. The predicted molar refractivity (Wildman–Crippen MR) is 126 cm³/mol. The first-order valence-electron chi connectivity index (χ1n) is 9.24. The summed E-state index contributed by atoms with van der Waals surface area (Å²) >= 11 is 1.75. The molecule has 1 heterocycles. The number of halogens is 1. The van der Waals surface area contributed by atoms with Gasteiger partial charge >= 0.3 is 5.97 Å². The number of carbonyl (C=O) groups is 1. The number of ether oxygens (including phenoxy) is 1. The third-order valence-corrected chi connectivity index (χ3v) is 5.07. The van der Waals surface area contributed by atoms with Crippen molar-refractivity contribution in [3.05, 3.63) is 51.0 Å². The van der Waals surface area contributed by atoms with Crippen molar-refractivity contribution in [2.24, 2.45) is 4.99 Å². The number of esters is 1. The molecule has 154 valence electrons. The molecule has 0 amide bonds. The highest BCUT2D eigenvalue weighted by Gasteiger charge is 2.06. The molecular weight excluding hydrogens is 487 g/mol. The van der Waals surface area contributed by atoms with Crippen LogP contribution in [-0.2, 0) is 17.7 Å². The number of carbonyl (C=O) groups excluding carboxylic acids is 1. The number of benzene rings is 1. The summed E-state index contributed by atoms with van der Waals surface area (Å²) in [5, 5.41) is 7.74. The molecule has 0 aliphatic carbocycles. The molecule has 0 aliphatic rings. The Morgan fingerprint density at radius 1 is 1.18 bits per heavy atom. The number of aliphatic imine (C=N–C) groups is 1. The maximum Gasteiger partial charge on any atom is 0.338 e. The average molecular weight is 516 g/mol. The highest BCUT2D eigenvalue weighted by molar-refractivity contribution is 14.0. The second-order valence-electron chi connectivity index (χ2n) is 6.04. The van der Waals surface area contributed by atoms with E-state index < -0.39 is 0 Å². The molecule has 6 nitrogen and oxygen atoms in total. The topological polar surface area (TPSA) is 75.6 Å². The largest absolute Gasteiger partial charge is 0.462 e. The maximum atomic E-state index is 11.7. The van der Waals surface area contributed by atoms with E-state index in [0.29, 0.717) is 18.7 Å². The van der Waals surface area contributed by atoms with Crippen LogP contribution in [0.3, 0.4) is 0 Å². The molecule has 8 heteroatoms. The van der Waals surface area contributed by atoms with Gasteiger partial charge in [0.25, 0.3) is 0 Å². The minimum absolute atomic E-state index is 0. The molecule has 28 heavy (non-hydrogen) atoms. The normalized spacial score (nSPS) is 10.9. The van der Waals surface area contributed by atoms with E-state index in [-0.39, 0.29) is 29.9 Å². The van der Waals surface area contributed by atoms with E-state index in [0.717, 1.165) is 41.7 Å². The van der Waals surface area contributed by atoms with Gasteiger partial charge in [0.2, 0.25) is 0 Å². The van der Waals surface area contributed by atoms with E-state index >= 15 is 0 Å². The van der Waals surface area contributed by atoms with Gasteiger partial charge in [-0.25, -0.2) is 14.8 Å². The first-order chi connectivity index (χ1) is 13.0. The van der Waals surface area contributed by atoms with E-state index in [1.165, 1.54) is 4.88 Å². The number of hydrogen-bond acceptors (Lipinski definition) is 5. The van der Waals surface area contributed by atoms with E-state index in [2.05, 4.69) is 27.5 Å². The van der Waals surface area contributed by atoms with Crippen LogP contribution in [0.5, 0.6) is 0 Å². The lowest BCUT2D eigenvalue weighted by Crippen LogP contribution is -2.38. The SMILES string of the molecule is CCNC(=NCc1ccc(C(=O)OCC)cc1)NCCc1nc(C)c(C)s1.I. The molecule has 1 aromatic heterocycles. The Bertz CT molecular complexity index is 756. The Balaban J connectivity index is 0.00000392. The molecule has 2 N–H and O–H groups in total. The minimum atomic E-state index is -0.296. The van der Waals surface area contributed by atoms with Crippen LogP contribution in [0.4, 0.5) is 0 Å². The highest BCUT2D eigenvalue weighted by Crippen LogP contribution is 2.16. The molecule has 0 saturated carbocycles. The van der Waals surface area contributed by atoms with Crippen molar-refractivity contribution < 1.29 is 9.53 Å². The molecule has 0 atom stereocenters. The zero-order valence-corrected chi connectivity index (χ0v) is 20.0. The summed E-state index contributed by atoms with van der Waals surface area (Å²) in [5.74, 6) is 0.479. The van der Waals surface area contributed by atoms with Crippen LogP contribution in [0, 0.1) is 13.8 Å². The van der Waals surface area contributed by atoms with Crippen molar-refractivity contribution in [1.82, 2.24) is 15.6 Å². The molecule has 0 aliphatic heterocycles. The molecule has 0 unspecified atom stereocenters. The molecule has 0 radical (unpaired) electrons. The molecule has 0 fully saturated rings. The number of hydrogen-bond donors (Lipinski definition) is 2. The van der Waals surface area contributed by atoms with Gasteiger partial charge in [-0.1, -0.05) is 12.1 Å². The standard InChI is InChI=1S/C20H28N4O2S.HI/c1-5-21-20(22-12-11-18-24-14(3)15(4)27-18)23-13-16-7-9-17(10-8-16)19(25)26-6-2;/h7-10H,5-6,11-13H2,1-4H3,(H2,21,22,23);1H. The Labute approximate surface area is 188 Å². The first-order valence-corrected chi connectivity index (χ1v) is 10.1. The van der Waals surface area contributed by atoms with Gasteiger partial charge in [0.05, 0.1) is 29.4 Å². The van der Waals surface area contributed by atoms with Gasteiger partial charge in [0.15, 0.2) is 5.96 Å². The van der Waals surface area contributed by atoms with Crippen LogP contribution < -0.4 is 10.6 Å². The van der Waals surface area contributed by atoms with Crippen LogP contribution >= 0.6 is 35.3 Å². The monoisotopic (exact) mass is 516 g/mol. The second kappa shape index (κ2) is 12.7.